The Morgan fingerprint density at radius 2 is 2.00 bits per heavy atom. The molecule has 4 aliphatic rings. The Kier molecular flexibility index (Phi) is 6.43. The number of fused-ring (bicyclic) bond motifs is 3. The third-order valence-corrected chi connectivity index (χ3v) is 9.58. The van der Waals surface area contributed by atoms with Crippen molar-refractivity contribution in [3.8, 4) is 16.9 Å². The molecule has 4 fully saturated rings. The first-order valence-corrected chi connectivity index (χ1v) is 14.6. The van der Waals surface area contributed by atoms with Crippen molar-refractivity contribution in [3.05, 3.63) is 36.8 Å². The highest BCUT2D eigenvalue weighted by atomic mass is 16.5. The van der Waals surface area contributed by atoms with Gasteiger partial charge in [-0.05, 0) is 80.9 Å². The molecule has 2 bridgehead atoms. The van der Waals surface area contributed by atoms with Gasteiger partial charge in [0.15, 0.2) is 0 Å². The molecule has 1 unspecified atom stereocenters. The van der Waals surface area contributed by atoms with E-state index in [2.05, 4.69) is 37.8 Å². The van der Waals surface area contributed by atoms with Gasteiger partial charge in [-0.15, -0.1) is 0 Å². The van der Waals surface area contributed by atoms with Crippen LogP contribution in [0.15, 0.2) is 36.8 Å². The summed E-state index contributed by atoms with van der Waals surface area (Å²) >= 11 is 0. The summed E-state index contributed by atoms with van der Waals surface area (Å²) in [5.74, 6) is 2.17. The minimum absolute atomic E-state index is 0.0754. The van der Waals surface area contributed by atoms with Gasteiger partial charge in [-0.25, -0.2) is 9.97 Å². The van der Waals surface area contributed by atoms with Crippen LogP contribution >= 0.6 is 0 Å². The number of rotatable bonds is 8. The lowest BCUT2D eigenvalue weighted by Gasteiger charge is -2.42. The predicted molar refractivity (Wildman–Crippen MR) is 149 cm³/mol. The lowest BCUT2D eigenvalue weighted by Crippen LogP contribution is -2.51. The van der Waals surface area contributed by atoms with Crippen LogP contribution < -0.4 is 16.2 Å². The minimum Gasteiger partial charge on any atom is -0.491 e. The van der Waals surface area contributed by atoms with Gasteiger partial charge in [-0.3, -0.25) is 9.69 Å². The highest BCUT2D eigenvalue weighted by molar-refractivity contribution is 6.00. The topological polar surface area (TPSA) is 122 Å². The van der Waals surface area contributed by atoms with Gasteiger partial charge >= 0.3 is 0 Å². The quantitative estimate of drug-likeness (QED) is 0.453. The van der Waals surface area contributed by atoms with E-state index in [1.54, 1.807) is 6.33 Å². The molecule has 4 atom stereocenters. The Hall–Kier alpha value is -3.17. The molecule has 7 rings (SSSR count). The minimum atomic E-state index is -0.149. The summed E-state index contributed by atoms with van der Waals surface area (Å²) in [4.78, 5) is 23.6. The van der Waals surface area contributed by atoms with Crippen LogP contribution in [0.3, 0.4) is 0 Å². The van der Waals surface area contributed by atoms with Crippen molar-refractivity contribution in [1.29, 1.82) is 0 Å². The number of nitrogens with zero attached hydrogens (tertiary/aromatic N) is 4. The first kappa shape index (κ1) is 24.8. The Labute approximate surface area is 228 Å². The molecule has 1 aromatic carbocycles. The monoisotopic (exact) mass is 530 g/mol. The molecule has 2 saturated heterocycles. The van der Waals surface area contributed by atoms with Crippen molar-refractivity contribution in [2.75, 3.05) is 25.5 Å². The summed E-state index contributed by atoms with van der Waals surface area (Å²) < 4.78 is 14.2. The zero-order valence-electron chi connectivity index (χ0n) is 22.4. The van der Waals surface area contributed by atoms with Crippen molar-refractivity contribution in [2.24, 2.45) is 17.6 Å². The fourth-order valence-electron chi connectivity index (χ4n) is 7.60. The van der Waals surface area contributed by atoms with Crippen molar-refractivity contribution >= 4 is 22.8 Å². The average Bonchev–Trinajstić information content (AvgIpc) is 3.64. The van der Waals surface area contributed by atoms with Crippen molar-refractivity contribution in [2.45, 2.75) is 75.6 Å². The van der Waals surface area contributed by atoms with Crippen LogP contribution in [0.5, 0.6) is 5.75 Å². The van der Waals surface area contributed by atoms with Gasteiger partial charge in [-0.1, -0.05) is 12.1 Å². The van der Waals surface area contributed by atoms with Gasteiger partial charge in [0.25, 0.3) is 0 Å². The normalized spacial score (nSPS) is 30.5. The van der Waals surface area contributed by atoms with Crippen LogP contribution in [-0.2, 0) is 9.53 Å². The highest BCUT2D eigenvalue weighted by Gasteiger charge is 2.49. The number of carbonyl (C=O) groups is 1. The molecule has 0 radical (unpaired) electrons. The zero-order chi connectivity index (χ0) is 26.5. The number of primary amides is 1. The first-order chi connectivity index (χ1) is 19.0. The van der Waals surface area contributed by atoms with E-state index in [0.29, 0.717) is 36.3 Å². The van der Waals surface area contributed by atoms with Crippen LogP contribution in [0.25, 0.3) is 22.2 Å². The largest absolute Gasteiger partial charge is 0.491 e. The maximum absolute atomic E-state index is 12.2. The fourth-order valence-corrected chi connectivity index (χ4v) is 7.60. The van der Waals surface area contributed by atoms with Crippen LogP contribution in [0.4, 0.5) is 5.82 Å². The van der Waals surface area contributed by atoms with E-state index in [4.69, 9.17) is 20.9 Å². The summed E-state index contributed by atoms with van der Waals surface area (Å²) in [6.07, 6.45) is 12.8. The van der Waals surface area contributed by atoms with Crippen LogP contribution in [0, 0.1) is 11.8 Å². The molecule has 0 spiro atoms. The van der Waals surface area contributed by atoms with Gasteiger partial charge in [0.2, 0.25) is 5.91 Å². The van der Waals surface area contributed by atoms with Gasteiger partial charge in [0.05, 0.1) is 17.5 Å². The molecule has 206 valence electrons. The second kappa shape index (κ2) is 10.1. The maximum Gasteiger partial charge on any atom is 0.235 e. The van der Waals surface area contributed by atoms with E-state index >= 15 is 0 Å². The highest BCUT2D eigenvalue weighted by Crippen LogP contribution is 2.47. The molecule has 2 aliphatic carbocycles. The van der Waals surface area contributed by atoms with Crippen LogP contribution in [0.2, 0.25) is 0 Å². The molecule has 9 heteroatoms. The summed E-state index contributed by atoms with van der Waals surface area (Å²) in [5, 5.41) is 0.888. The molecular formula is C30H38N6O3. The lowest BCUT2D eigenvalue weighted by molar-refractivity contribution is -0.125. The van der Waals surface area contributed by atoms with E-state index in [9.17, 15) is 4.79 Å². The van der Waals surface area contributed by atoms with Gasteiger partial charge in [0, 0.05) is 37.0 Å². The third-order valence-electron chi connectivity index (χ3n) is 9.58. The number of hydrogen-bond acceptors (Lipinski definition) is 7. The number of carbonyl (C=O) groups excluding carboxylic acids is 1. The summed E-state index contributed by atoms with van der Waals surface area (Å²) in [5.41, 5.74) is 15.2. The molecule has 2 saturated carbocycles. The number of benzene rings is 1. The fraction of sp³-hybridized carbons (Fsp3) is 0.567. The molecule has 2 aromatic heterocycles. The Balaban J connectivity index is 1.09. The van der Waals surface area contributed by atoms with Crippen LogP contribution in [-0.4, -0.2) is 63.3 Å². The van der Waals surface area contributed by atoms with Gasteiger partial charge in [-0.2, -0.15) is 0 Å². The Morgan fingerprint density at radius 1 is 1.10 bits per heavy atom. The molecule has 39 heavy (non-hydrogen) atoms. The number of aromatic nitrogens is 3. The molecular weight excluding hydrogens is 492 g/mol. The second-order valence-electron chi connectivity index (χ2n) is 12.0. The number of piperidine rings is 1. The number of nitrogen functional groups attached to an aromatic ring is 1. The molecule has 1 amide bonds. The predicted octanol–water partition coefficient (Wildman–Crippen LogP) is 3.92. The lowest BCUT2D eigenvalue weighted by atomic mass is 9.79. The number of likely N-dealkylation sites (tertiary alicyclic amines) is 1. The van der Waals surface area contributed by atoms with E-state index < -0.39 is 0 Å². The van der Waals surface area contributed by atoms with Gasteiger partial charge in [0.1, 0.15) is 30.1 Å². The zero-order valence-corrected chi connectivity index (χ0v) is 22.4. The molecule has 3 aromatic rings. The van der Waals surface area contributed by atoms with Crippen molar-refractivity contribution in [3.63, 3.8) is 0 Å². The smallest absolute Gasteiger partial charge is 0.235 e. The second-order valence-corrected chi connectivity index (χ2v) is 12.0. The maximum atomic E-state index is 12.2. The molecule has 4 N–H and O–H groups in total. The van der Waals surface area contributed by atoms with E-state index in [1.165, 1.54) is 12.8 Å². The Bertz CT molecular complexity index is 1360. The molecule has 9 nitrogen and oxygen atoms in total. The van der Waals surface area contributed by atoms with E-state index in [1.807, 2.05) is 12.1 Å². The van der Waals surface area contributed by atoms with Crippen LogP contribution in [0.1, 0.15) is 57.4 Å². The standard InChI is InChI=1S/C30H38N6O3/c31-28-26-25(19-4-3-6-23(13-19)39-16-24-5-1-2-9-38-24)15-36(30(26)34-17-33-28)22-10-18(11-22)14-35-21-8-7-20(12-21)27(35)29(32)37/h3-4,6,13,15,17-18,20-22,24,27H,1-2,5,7-12,14,16H2,(H2,32,37)(H2,31,33,34)/t18?,20-,21+,22?,24?,27+/m0/s1. The number of amides is 1. The SMILES string of the molecule is NC(=O)[C@H]1[C@H]2CC[C@H](C2)N1CC1CC(n2cc(-c3cccc(OCC4CCCCO4)c3)c3c(N)ncnc32)C1. The number of anilines is 1. The van der Waals surface area contributed by atoms with E-state index in [0.717, 1.165) is 79.6 Å². The third kappa shape index (κ3) is 4.55. The van der Waals surface area contributed by atoms with Crippen molar-refractivity contribution < 1.29 is 14.3 Å². The summed E-state index contributed by atoms with van der Waals surface area (Å²) in [6, 6.07) is 8.97. The number of ether oxygens (including phenoxy) is 2. The number of hydrogen-bond donors (Lipinski definition) is 2. The first-order valence-electron chi connectivity index (χ1n) is 14.6. The summed E-state index contributed by atoms with van der Waals surface area (Å²) in [6.45, 7) is 2.34. The number of nitrogens with two attached hydrogens (primary N) is 2. The molecule has 4 heterocycles. The summed E-state index contributed by atoms with van der Waals surface area (Å²) in [7, 11) is 0. The van der Waals surface area contributed by atoms with E-state index in [-0.39, 0.29) is 18.1 Å². The van der Waals surface area contributed by atoms with Crippen molar-refractivity contribution in [1.82, 2.24) is 19.4 Å². The molecule has 2 aliphatic heterocycles. The average molecular weight is 531 g/mol. The van der Waals surface area contributed by atoms with Gasteiger partial charge < -0.3 is 25.5 Å². The Morgan fingerprint density at radius 3 is 2.82 bits per heavy atom.